The van der Waals surface area contributed by atoms with Crippen molar-refractivity contribution in [3.05, 3.63) is 35.4 Å². The third-order valence-electron chi connectivity index (χ3n) is 2.96. The predicted octanol–water partition coefficient (Wildman–Crippen LogP) is 2.76. The fraction of sp³-hybridized carbons (Fsp3) is 0.571. The zero-order chi connectivity index (χ0) is 12.8. The third kappa shape index (κ3) is 5.10. The summed E-state index contributed by atoms with van der Waals surface area (Å²) in [7, 11) is 0. The topological polar surface area (TPSA) is 21.3 Å². The van der Waals surface area contributed by atoms with Gasteiger partial charge in [-0.2, -0.15) is 0 Å². The molecule has 4 heteroatoms. The van der Waals surface area contributed by atoms with Crippen LogP contribution in [-0.4, -0.2) is 25.6 Å². The Hall–Kier alpha value is -1.00. The lowest BCUT2D eigenvalue weighted by molar-refractivity contribution is 0.00988. The Labute approximate surface area is 106 Å². The lowest BCUT2D eigenvalue weighted by Crippen LogP contribution is -2.19. The van der Waals surface area contributed by atoms with Crippen LogP contribution in [0.15, 0.2) is 24.3 Å². The molecule has 100 valence electrons. The van der Waals surface area contributed by atoms with E-state index in [1.54, 1.807) is 0 Å². The van der Waals surface area contributed by atoms with Crippen molar-refractivity contribution in [1.82, 2.24) is 5.32 Å². The average molecular weight is 255 g/mol. The van der Waals surface area contributed by atoms with Gasteiger partial charge in [-0.15, -0.1) is 0 Å². The lowest BCUT2D eigenvalue weighted by Gasteiger charge is -2.06. The normalized spacial score (nSPS) is 15.3. The van der Waals surface area contributed by atoms with E-state index in [-0.39, 0.29) is 6.61 Å². The lowest BCUT2D eigenvalue weighted by atomic mass is 10.1. The molecule has 1 aliphatic carbocycles. The number of nitrogens with one attached hydrogen (secondary N) is 1. The molecule has 0 bridgehead atoms. The molecule has 0 heterocycles. The molecule has 0 saturated heterocycles. The molecule has 0 amide bonds. The molecule has 1 saturated carbocycles. The Morgan fingerprint density at radius 1 is 1.17 bits per heavy atom. The summed E-state index contributed by atoms with van der Waals surface area (Å²) in [6, 6.07) is 8.70. The summed E-state index contributed by atoms with van der Waals surface area (Å²) in [4.78, 5) is 0. The molecule has 1 aliphatic rings. The molecular weight excluding hydrogens is 236 g/mol. The minimum absolute atomic E-state index is 0.255. The van der Waals surface area contributed by atoms with Crippen molar-refractivity contribution in [2.45, 2.75) is 38.3 Å². The summed E-state index contributed by atoms with van der Waals surface area (Å²) in [5, 5.41) is 3.46. The van der Waals surface area contributed by atoms with Crippen molar-refractivity contribution in [2.24, 2.45) is 0 Å². The molecular formula is C14H19F2NO. The van der Waals surface area contributed by atoms with Gasteiger partial charge < -0.3 is 10.1 Å². The van der Waals surface area contributed by atoms with E-state index < -0.39 is 13.0 Å². The molecule has 0 unspecified atom stereocenters. The molecule has 0 atom stereocenters. The summed E-state index contributed by atoms with van der Waals surface area (Å²) in [6.07, 6.45) is 1.23. The van der Waals surface area contributed by atoms with E-state index in [1.165, 1.54) is 18.4 Å². The fourth-order valence-electron chi connectivity index (χ4n) is 1.78. The molecule has 1 fully saturated rings. The van der Waals surface area contributed by atoms with Gasteiger partial charge in [-0.3, -0.25) is 0 Å². The highest BCUT2D eigenvalue weighted by Gasteiger charge is 2.19. The maximum atomic E-state index is 11.9. The second-order valence-electron chi connectivity index (χ2n) is 4.70. The Bertz CT molecular complexity index is 322. The zero-order valence-corrected chi connectivity index (χ0v) is 10.4. The maximum absolute atomic E-state index is 11.9. The predicted molar refractivity (Wildman–Crippen MR) is 66.8 cm³/mol. The minimum Gasteiger partial charge on any atom is -0.371 e. The van der Waals surface area contributed by atoms with Crippen molar-refractivity contribution in [3.8, 4) is 0 Å². The van der Waals surface area contributed by atoms with E-state index in [1.807, 2.05) is 24.3 Å². The van der Waals surface area contributed by atoms with Crippen molar-refractivity contribution < 1.29 is 13.5 Å². The number of halogens is 2. The first kappa shape index (κ1) is 13.4. The second kappa shape index (κ2) is 6.81. The van der Waals surface area contributed by atoms with Gasteiger partial charge in [0.2, 0.25) is 0 Å². The monoisotopic (exact) mass is 255 g/mol. The van der Waals surface area contributed by atoms with E-state index in [0.717, 1.165) is 24.6 Å². The fourth-order valence-corrected chi connectivity index (χ4v) is 1.78. The summed E-state index contributed by atoms with van der Waals surface area (Å²) >= 11 is 0. The third-order valence-corrected chi connectivity index (χ3v) is 2.96. The van der Waals surface area contributed by atoms with Crippen molar-refractivity contribution in [3.63, 3.8) is 0 Å². The van der Waals surface area contributed by atoms with Crippen LogP contribution in [0.3, 0.4) is 0 Å². The first-order chi connectivity index (χ1) is 8.74. The summed E-state index contributed by atoms with van der Waals surface area (Å²) < 4.78 is 28.6. The highest BCUT2D eigenvalue weighted by molar-refractivity contribution is 5.22. The number of rotatable bonds is 8. The van der Waals surface area contributed by atoms with Gasteiger partial charge in [0.1, 0.15) is 6.61 Å². The quantitative estimate of drug-likeness (QED) is 0.771. The van der Waals surface area contributed by atoms with Crippen LogP contribution in [-0.2, 0) is 17.8 Å². The first-order valence-electron chi connectivity index (χ1n) is 6.41. The maximum Gasteiger partial charge on any atom is 0.261 e. The van der Waals surface area contributed by atoms with E-state index in [2.05, 4.69) is 5.32 Å². The van der Waals surface area contributed by atoms with Gasteiger partial charge in [-0.25, -0.2) is 8.78 Å². The first-order valence-corrected chi connectivity index (χ1v) is 6.41. The van der Waals surface area contributed by atoms with E-state index >= 15 is 0 Å². The molecule has 0 spiro atoms. The molecule has 0 aromatic heterocycles. The van der Waals surface area contributed by atoms with E-state index in [4.69, 9.17) is 4.74 Å². The Morgan fingerprint density at radius 3 is 2.44 bits per heavy atom. The van der Waals surface area contributed by atoms with Crippen LogP contribution in [0.2, 0.25) is 0 Å². The molecule has 1 aromatic carbocycles. The number of benzene rings is 1. The van der Waals surface area contributed by atoms with E-state index in [0.29, 0.717) is 0 Å². The van der Waals surface area contributed by atoms with Crippen molar-refractivity contribution in [2.75, 3.05) is 13.2 Å². The molecule has 2 nitrogen and oxygen atoms in total. The van der Waals surface area contributed by atoms with Crippen molar-refractivity contribution >= 4 is 0 Å². The van der Waals surface area contributed by atoms with Crippen LogP contribution >= 0.6 is 0 Å². The molecule has 1 N–H and O–H groups in total. The summed E-state index contributed by atoms with van der Waals surface area (Å²) in [6.45, 7) is 0.768. The van der Waals surface area contributed by atoms with Gasteiger partial charge in [-0.05, 0) is 36.9 Å². The van der Waals surface area contributed by atoms with Gasteiger partial charge in [0.25, 0.3) is 6.43 Å². The molecule has 18 heavy (non-hydrogen) atoms. The van der Waals surface area contributed by atoms with Crippen LogP contribution in [0.4, 0.5) is 8.78 Å². The van der Waals surface area contributed by atoms with Crippen molar-refractivity contribution in [1.29, 1.82) is 0 Å². The summed E-state index contributed by atoms with van der Waals surface area (Å²) in [5.74, 6) is 0. The molecule has 1 aromatic rings. The van der Waals surface area contributed by atoms with Crippen LogP contribution in [0, 0.1) is 0 Å². The number of ether oxygens (including phenoxy) is 1. The van der Waals surface area contributed by atoms with Gasteiger partial charge in [0, 0.05) is 6.04 Å². The smallest absolute Gasteiger partial charge is 0.261 e. The van der Waals surface area contributed by atoms with Crippen LogP contribution in [0.1, 0.15) is 24.0 Å². The van der Waals surface area contributed by atoms with Crippen LogP contribution in [0.25, 0.3) is 0 Å². The van der Waals surface area contributed by atoms with Gasteiger partial charge >= 0.3 is 0 Å². The molecule has 0 aliphatic heterocycles. The SMILES string of the molecule is FC(F)COCc1ccc(CCNC2CC2)cc1. The molecule has 2 rings (SSSR count). The largest absolute Gasteiger partial charge is 0.371 e. The van der Waals surface area contributed by atoms with Crippen LogP contribution < -0.4 is 5.32 Å². The van der Waals surface area contributed by atoms with Crippen LogP contribution in [0.5, 0.6) is 0 Å². The van der Waals surface area contributed by atoms with Gasteiger partial charge in [-0.1, -0.05) is 24.3 Å². The summed E-state index contributed by atoms with van der Waals surface area (Å²) in [5.41, 5.74) is 2.20. The Morgan fingerprint density at radius 2 is 1.83 bits per heavy atom. The van der Waals surface area contributed by atoms with Gasteiger partial charge in [0.05, 0.1) is 6.61 Å². The van der Waals surface area contributed by atoms with E-state index in [9.17, 15) is 8.78 Å². The highest BCUT2D eigenvalue weighted by Crippen LogP contribution is 2.18. The number of hydrogen-bond donors (Lipinski definition) is 1. The minimum atomic E-state index is -2.39. The molecule has 0 radical (unpaired) electrons. The highest BCUT2D eigenvalue weighted by atomic mass is 19.3. The number of alkyl halides is 2. The standard InChI is InChI=1S/C14H19F2NO/c15-14(16)10-18-9-12-3-1-11(2-4-12)7-8-17-13-5-6-13/h1-4,13-14,17H,5-10H2. The van der Waals surface area contributed by atoms with Gasteiger partial charge in [0.15, 0.2) is 0 Å². The second-order valence-corrected chi connectivity index (χ2v) is 4.70. The number of hydrogen-bond acceptors (Lipinski definition) is 2. The zero-order valence-electron chi connectivity index (χ0n) is 10.4. The Kier molecular flexibility index (Phi) is 5.08. The Balaban J connectivity index is 1.67. The average Bonchev–Trinajstić information content (AvgIpc) is 3.15.